The second-order valence-corrected chi connectivity index (χ2v) is 6.31. The van der Waals surface area contributed by atoms with Gasteiger partial charge in [0.25, 0.3) is 0 Å². The molecule has 1 saturated carbocycles. The van der Waals surface area contributed by atoms with Crippen LogP contribution in [0.1, 0.15) is 38.2 Å². The van der Waals surface area contributed by atoms with E-state index in [1.165, 1.54) is 49.9 Å². The van der Waals surface area contributed by atoms with E-state index in [4.69, 9.17) is 5.73 Å². The van der Waals surface area contributed by atoms with Crippen molar-refractivity contribution in [3.8, 4) is 0 Å². The first-order chi connectivity index (χ1) is 8.69. The maximum Gasteiger partial charge on any atom is 0.0398 e. The van der Waals surface area contributed by atoms with Crippen LogP contribution in [0.3, 0.4) is 0 Å². The van der Waals surface area contributed by atoms with Crippen molar-refractivity contribution in [2.24, 2.45) is 11.1 Å². The average molecular weight is 244 g/mol. The van der Waals surface area contributed by atoms with Crippen LogP contribution >= 0.6 is 0 Å². The number of hydrogen-bond donors (Lipinski definition) is 1. The molecule has 0 saturated heterocycles. The van der Waals surface area contributed by atoms with E-state index in [9.17, 15) is 0 Å². The zero-order chi connectivity index (χ0) is 12.6. The van der Waals surface area contributed by atoms with E-state index in [1.807, 2.05) is 0 Å². The number of aryl methyl sites for hydroxylation is 1. The third kappa shape index (κ3) is 2.03. The number of nitrogens with zero attached hydrogens (tertiary/aromatic N) is 1. The number of benzene rings is 1. The molecule has 1 aromatic carbocycles. The molecule has 0 amide bonds. The van der Waals surface area contributed by atoms with Gasteiger partial charge in [-0.25, -0.2) is 0 Å². The number of anilines is 1. The van der Waals surface area contributed by atoms with Gasteiger partial charge in [0, 0.05) is 30.2 Å². The lowest BCUT2D eigenvalue weighted by Gasteiger charge is -2.39. The van der Waals surface area contributed by atoms with Gasteiger partial charge in [0.05, 0.1) is 0 Å². The van der Waals surface area contributed by atoms with Gasteiger partial charge >= 0.3 is 0 Å². The van der Waals surface area contributed by atoms with Crippen LogP contribution in [0.2, 0.25) is 0 Å². The molecule has 2 nitrogen and oxygen atoms in total. The lowest BCUT2D eigenvalue weighted by atomic mass is 9.83. The fraction of sp³-hybridized carbons (Fsp3) is 0.625. The van der Waals surface area contributed by atoms with Crippen LogP contribution in [0.4, 0.5) is 5.69 Å². The van der Waals surface area contributed by atoms with Crippen LogP contribution in [0.5, 0.6) is 0 Å². The molecule has 3 rings (SSSR count). The molecule has 2 N–H and O–H groups in total. The summed E-state index contributed by atoms with van der Waals surface area (Å²) in [6.45, 7) is 4.70. The fourth-order valence-electron chi connectivity index (χ4n) is 3.67. The molecule has 2 atom stereocenters. The van der Waals surface area contributed by atoms with E-state index in [0.29, 0.717) is 11.5 Å². The summed E-state index contributed by atoms with van der Waals surface area (Å²) in [4.78, 5) is 2.57. The van der Waals surface area contributed by atoms with Crippen molar-refractivity contribution in [3.63, 3.8) is 0 Å². The number of hydrogen-bond acceptors (Lipinski definition) is 2. The zero-order valence-corrected chi connectivity index (χ0v) is 11.4. The summed E-state index contributed by atoms with van der Waals surface area (Å²) in [5.41, 5.74) is 9.59. The molecule has 98 valence electrons. The normalized spacial score (nSPS) is 31.4. The maximum absolute atomic E-state index is 6.32. The van der Waals surface area contributed by atoms with Gasteiger partial charge in [-0.2, -0.15) is 0 Å². The molecular weight excluding hydrogens is 220 g/mol. The summed E-state index contributed by atoms with van der Waals surface area (Å²) in [5.74, 6) is 0. The van der Waals surface area contributed by atoms with Gasteiger partial charge < -0.3 is 10.6 Å². The molecule has 0 aromatic heterocycles. The molecule has 18 heavy (non-hydrogen) atoms. The van der Waals surface area contributed by atoms with Crippen LogP contribution < -0.4 is 10.6 Å². The summed E-state index contributed by atoms with van der Waals surface area (Å²) >= 11 is 0. The molecule has 1 aliphatic heterocycles. The van der Waals surface area contributed by atoms with Crippen molar-refractivity contribution >= 4 is 5.69 Å². The Bertz CT molecular complexity index is 429. The predicted molar refractivity (Wildman–Crippen MR) is 76.9 cm³/mol. The average Bonchev–Trinajstić information content (AvgIpc) is 2.70. The van der Waals surface area contributed by atoms with E-state index in [2.05, 4.69) is 36.1 Å². The number of para-hydroxylation sites is 1. The van der Waals surface area contributed by atoms with Crippen molar-refractivity contribution < 1.29 is 0 Å². The molecule has 1 heterocycles. The Hall–Kier alpha value is -1.02. The van der Waals surface area contributed by atoms with Crippen LogP contribution in [-0.2, 0) is 6.42 Å². The van der Waals surface area contributed by atoms with E-state index in [-0.39, 0.29) is 0 Å². The molecule has 1 fully saturated rings. The molecule has 0 bridgehead atoms. The monoisotopic (exact) mass is 244 g/mol. The Balaban J connectivity index is 1.82. The van der Waals surface area contributed by atoms with E-state index in [1.54, 1.807) is 0 Å². The van der Waals surface area contributed by atoms with Crippen molar-refractivity contribution in [3.05, 3.63) is 29.8 Å². The molecular formula is C16H24N2. The smallest absolute Gasteiger partial charge is 0.0398 e. The van der Waals surface area contributed by atoms with Crippen LogP contribution in [0.25, 0.3) is 0 Å². The lowest BCUT2D eigenvalue weighted by Crippen LogP contribution is -2.45. The first-order valence-electron chi connectivity index (χ1n) is 7.27. The number of rotatable bonds is 2. The van der Waals surface area contributed by atoms with Gasteiger partial charge in [0.15, 0.2) is 0 Å². The quantitative estimate of drug-likeness (QED) is 0.866. The summed E-state index contributed by atoms with van der Waals surface area (Å²) < 4.78 is 0. The minimum atomic E-state index is 0.310. The summed E-state index contributed by atoms with van der Waals surface area (Å²) in [7, 11) is 0. The Morgan fingerprint density at radius 1 is 1.33 bits per heavy atom. The molecule has 1 aromatic rings. The molecule has 0 radical (unpaired) electrons. The topological polar surface area (TPSA) is 29.3 Å². The second-order valence-electron chi connectivity index (χ2n) is 6.31. The van der Waals surface area contributed by atoms with Gasteiger partial charge in [-0.15, -0.1) is 0 Å². The maximum atomic E-state index is 6.32. The highest BCUT2D eigenvalue weighted by atomic mass is 15.1. The SMILES string of the molecule is CC1(CN2CCCc3ccccc32)CCCC1N. The number of nitrogens with two attached hydrogens (primary N) is 1. The largest absolute Gasteiger partial charge is 0.371 e. The first-order valence-corrected chi connectivity index (χ1v) is 7.27. The Labute approximate surface area is 110 Å². The minimum absolute atomic E-state index is 0.310. The lowest BCUT2D eigenvalue weighted by molar-refractivity contribution is 0.295. The fourth-order valence-corrected chi connectivity index (χ4v) is 3.67. The highest BCUT2D eigenvalue weighted by Gasteiger charge is 2.38. The standard InChI is InChI=1S/C16H24N2/c1-16(10-4-9-15(16)17)12-18-11-5-7-13-6-2-3-8-14(13)18/h2-3,6,8,15H,4-5,7,9-12,17H2,1H3. The highest BCUT2D eigenvalue weighted by Crippen LogP contribution is 2.39. The predicted octanol–water partition coefficient (Wildman–Crippen LogP) is 2.96. The molecule has 2 aliphatic rings. The summed E-state index contributed by atoms with van der Waals surface area (Å²) in [6.07, 6.45) is 6.30. The Morgan fingerprint density at radius 3 is 2.94 bits per heavy atom. The van der Waals surface area contributed by atoms with E-state index < -0.39 is 0 Å². The minimum Gasteiger partial charge on any atom is -0.371 e. The highest BCUT2D eigenvalue weighted by molar-refractivity contribution is 5.55. The van der Waals surface area contributed by atoms with Crippen LogP contribution in [0, 0.1) is 5.41 Å². The Kier molecular flexibility index (Phi) is 3.06. The first kappa shape index (κ1) is 12.0. The molecule has 2 heteroatoms. The van der Waals surface area contributed by atoms with E-state index in [0.717, 1.165) is 6.54 Å². The van der Waals surface area contributed by atoms with Crippen molar-refractivity contribution in [1.82, 2.24) is 0 Å². The van der Waals surface area contributed by atoms with Gasteiger partial charge in [-0.05, 0) is 37.3 Å². The zero-order valence-electron chi connectivity index (χ0n) is 11.4. The molecule has 0 spiro atoms. The van der Waals surface area contributed by atoms with E-state index >= 15 is 0 Å². The number of fused-ring (bicyclic) bond motifs is 1. The second kappa shape index (κ2) is 4.58. The van der Waals surface area contributed by atoms with Gasteiger partial charge in [0.1, 0.15) is 0 Å². The van der Waals surface area contributed by atoms with Crippen molar-refractivity contribution in [2.45, 2.75) is 45.1 Å². The third-order valence-electron chi connectivity index (χ3n) is 4.92. The van der Waals surface area contributed by atoms with Crippen molar-refractivity contribution in [2.75, 3.05) is 18.0 Å². The van der Waals surface area contributed by atoms with Gasteiger partial charge in [-0.3, -0.25) is 0 Å². The van der Waals surface area contributed by atoms with Crippen LogP contribution in [-0.4, -0.2) is 19.1 Å². The van der Waals surface area contributed by atoms with Gasteiger partial charge in [-0.1, -0.05) is 31.5 Å². The Morgan fingerprint density at radius 2 is 2.17 bits per heavy atom. The van der Waals surface area contributed by atoms with Crippen molar-refractivity contribution in [1.29, 1.82) is 0 Å². The summed E-state index contributed by atoms with van der Waals surface area (Å²) in [6, 6.07) is 9.25. The van der Waals surface area contributed by atoms with Gasteiger partial charge in [0.2, 0.25) is 0 Å². The summed E-state index contributed by atoms with van der Waals surface area (Å²) in [5, 5.41) is 0. The van der Waals surface area contributed by atoms with Crippen LogP contribution in [0.15, 0.2) is 24.3 Å². The molecule has 2 unspecified atom stereocenters. The molecule has 1 aliphatic carbocycles. The third-order valence-corrected chi connectivity index (χ3v) is 4.92.